The number of benzene rings is 2. The summed E-state index contributed by atoms with van der Waals surface area (Å²) in [7, 11) is 0. The predicted octanol–water partition coefficient (Wildman–Crippen LogP) is 3.41. The van der Waals surface area contributed by atoms with Gasteiger partial charge < -0.3 is 9.84 Å². The minimum atomic E-state index is -0.530. The van der Waals surface area contributed by atoms with Crippen molar-refractivity contribution in [3.05, 3.63) is 65.7 Å². The highest BCUT2D eigenvalue weighted by atomic mass is 16.5. The Balaban J connectivity index is 1.32. The van der Waals surface area contributed by atoms with Crippen LogP contribution in [0.3, 0.4) is 0 Å². The number of fused-ring (bicyclic) bond motifs is 2. The molecule has 0 radical (unpaired) electrons. The van der Waals surface area contributed by atoms with Crippen LogP contribution < -0.4 is 4.90 Å². The molecule has 0 spiro atoms. The van der Waals surface area contributed by atoms with Gasteiger partial charge in [0.15, 0.2) is 0 Å². The number of imide groups is 1. The van der Waals surface area contributed by atoms with Crippen molar-refractivity contribution in [3.8, 4) is 0 Å². The summed E-state index contributed by atoms with van der Waals surface area (Å²) in [5.74, 6) is -1.36. The third-order valence-corrected chi connectivity index (χ3v) is 7.76. The van der Waals surface area contributed by atoms with Crippen LogP contribution in [-0.4, -0.2) is 53.6 Å². The second kappa shape index (κ2) is 9.55. The van der Waals surface area contributed by atoms with Crippen LogP contribution in [0.2, 0.25) is 0 Å². The van der Waals surface area contributed by atoms with Gasteiger partial charge in [0.2, 0.25) is 11.8 Å². The quantitative estimate of drug-likeness (QED) is 0.508. The van der Waals surface area contributed by atoms with Gasteiger partial charge in [-0.1, -0.05) is 49.4 Å². The van der Waals surface area contributed by atoms with Crippen molar-refractivity contribution in [1.82, 2.24) is 4.90 Å². The molecular weight excluding hydrogens is 444 g/mol. The zero-order valence-electron chi connectivity index (χ0n) is 20.1. The van der Waals surface area contributed by atoms with Crippen molar-refractivity contribution in [2.75, 3.05) is 24.6 Å². The number of esters is 1. The molecule has 35 heavy (non-hydrogen) atoms. The van der Waals surface area contributed by atoms with E-state index in [1.54, 1.807) is 31.2 Å². The Kier molecular flexibility index (Phi) is 6.47. The molecule has 3 fully saturated rings. The zero-order chi connectivity index (χ0) is 24.6. The van der Waals surface area contributed by atoms with Gasteiger partial charge in [-0.05, 0) is 42.9 Å². The van der Waals surface area contributed by atoms with E-state index in [9.17, 15) is 19.5 Å². The van der Waals surface area contributed by atoms with Crippen molar-refractivity contribution in [3.63, 3.8) is 0 Å². The lowest BCUT2D eigenvalue weighted by Gasteiger charge is -2.51. The molecule has 4 atom stereocenters. The van der Waals surface area contributed by atoms with E-state index >= 15 is 0 Å². The van der Waals surface area contributed by atoms with Gasteiger partial charge in [-0.25, -0.2) is 9.69 Å². The monoisotopic (exact) mass is 476 g/mol. The summed E-state index contributed by atoms with van der Waals surface area (Å²) in [5, 5.41) is 10.6. The lowest BCUT2D eigenvalue weighted by molar-refractivity contribution is -0.122. The number of hydrogen-bond acceptors (Lipinski definition) is 6. The van der Waals surface area contributed by atoms with Crippen molar-refractivity contribution >= 4 is 23.5 Å². The third-order valence-electron chi connectivity index (χ3n) is 7.76. The molecule has 7 nitrogen and oxygen atoms in total. The second-order valence-corrected chi connectivity index (χ2v) is 10.5. The molecule has 1 aliphatic carbocycles. The highest BCUT2D eigenvalue weighted by Gasteiger charge is 2.47. The predicted molar refractivity (Wildman–Crippen MR) is 130 cm³/mol. The van der Waals surface area contributed by atoms with E-state index in [0.29, 0.717) is 12.1 Å². The van der Waals surface area contributed by atoms with E-state index in [4.69, 9.17) is 4.74 Å². The molecule has 2 saturated heterocycles. The van der Waals surface area contributed by atoms with Gasteiger partial charge in [-0.15, -0.1) is 0 Å². The summed E-state index contributed by atoms with van der Waals surface area (Å²) in [6, 6.07) is 16.9. The van der Waals surface area contributed by atoms with Crippen LogP contribution in [0.15, 0.2) is 54.6 Å². The fourth-order valence-corrected chi connectivity index (χ4v) is 6.00. The van der Waals surface area contributed by atoms with Crippen LogP contribution in [0.1, 0.15) is 48.5 Å². The number of rotatable bonds is 6. The number of likely N-dealkylation sites (tertiary alicyclic amines) is 1. The molecule has 2 heterocycles. The maximum absolute atomic E-state index is 13.2. The molecule has 2 amide bonds. The average molecular weight is 477 g/mol. The van der Waals surface area contributed by atoms with Crippen LogP contribution in [-0.2, 0) is 20.9 Å². The number of carbonyl (C=O) groups is 3. The maximum atomic E-state index is 13.2. The first-order chi connectivity index (χ1) is 16.8. The number of piperidine rings is 1. The number of ether oxygens (including phenoxy) is 1. The van der Waals surface area contributed by atoms with E-state index in [2.05, 4.69) is 17.0 Å². The lowest BCUT2D eigenvalue weighted by Crippen LogP contribution is -2.55. The minimum absolute atomic E-state index is 0.145. The fraction of sp³-hybridized carbons (Fsp3) is 0.464. The van der Waals surface area contributed by atoms with Crippen molar-refractivity contribution < 1.29 is 24.2 Å². The van der Waals surface area contributed by atoms with E-state index in [0.717, 1.165) is 37.4 Å². The molecule has 2 aliphatic heterocycles. The van der Waals surface area contributed by atoms with Crippen molar-refractivity contribution in [1.29, 1.82) is 0 Å². The number of aliphatic hydroxyl groups is 1. The summed E-state index contributed by atoms with van der Waals surface area (Å²) in [6.45, 7) is 4.37. The molecule has 1 saturated carbocycles. The van der Waals surface area contributed by atoms with Crippen LogP contribution in [0.5, 0.6) is 0 Å². The molecule has 5 rings (SSSR count). The topological polar surface area (TPSA) is 87.2 Å². The highest BCUT2D eigenvalue weighted by Crippen LogP contribution is 2.45. The zero-order valence-corrected chi connectivity index (χ0v) is 20.1. The Morgan fingerprint density at radius 1 is 1.11 bits per heavy atom. The first-order valence-electron chi connectivity index (χ1n) is 12.4. The van der Waals surface area contributed by atoms with Crippen LogP contribution >= 0.6 is 0 Å². The average Bonchev–Trinajstić information content (AvgIpc) is 3.11. The first-order valence-corrected chi connectivity index (χ1v) is 12.4. The summed E-state index contributed by atoms with van der Waals surface area (Å²) < 4.78 is 5.88. The Morgan fingerprint density at radius 2 is 1.86 bits per heavy atom. The largest absolute Gasteiger partial charge is 0.461 e. The Bertz CT molecular complexity index is 1120. The second-order valence-electron chi connectivity index (χ2n) is 10.5. The van der Waals surface area contributed by atoms with E-state index in [1.165, 1.54) is 5.56 Å². The number of nitrogens with zero attached hydrogens (tertiary/aromatic N) is 2. The summed E-state index contributed by atoms with van der Waals surface area (Å²) in [6.07, 6.45) is 2.10. The SMILES string of the molecule is C[C@@H]1CC(=O)N(c2ccccc2C(=O)OC[C@@]23CC[C@@H](O)[C@@H](CN(Cc4ccccc4)C2)C3)C1=O. The van der Waals surface area contributed by atoms with Gasteiger partial charge in [0.25, 0.3) is 0 Å². The highest BCUT2D eigenvalue weighted by molar-refractivity contribution is 6.22. The molecule has 184 valence electrons. The molecule has 0 aromatic heterocycles. The number of carbonyl (C=O) groups excluding carboxylic acids is 3. The van der Waals surface area contributed by atoms with Crippen LogP contribution in [0.4, 0.5) is 5.69 Å². The van der Waals surface area contributed by atoms with E-state index in [-0.39, 0.29) is 47.8 Å². The molecule has 1 N–H and O–H groups in total. The number of aliphatic hydroxyl groups excluding tert-OH is 1. The fourth-order valence-electron chi connectivity index (χ4n) is 6.00. The Morgan fingerprint density at radius 3 is 2.60 bits per heavy atom. The van der Waals surface area contributed by atoms with Gasteiger partial charge >= 0.3 is 5.97 Å². The standard InChI is InChI=1S/C28H32N2O5/c1-19-13-25(32)30(26(19)33)23-10-6-5-9-22(23)27(34)35-18-28-12-11-24(31)21(14-28)16-29(17-28)15-20-7-3-2-4-8-20/h2-10,19,21,24,31H,11-18H2,1H3/t19-,21-,24-,28-/m1/s1. The summed E-state index contributed by atoms with van der Waals surface area (Å²) in [4.78, 5) is 41.7. The number of amides is 2. The first kappa shape index (κ1) is 23.7. The molecule has 3 aliphatic rings. The third kappa shape index (κ3) is 4.75. The lowest BCUT2D eigenvalue weighted by atomic mass is 9.66. The number of anilines is 1. The summed E-state index contributed by atoms with van der Waals surface area (Å²) in [5.41, 5.74) is 1.51. The molecule has 2 aromatic carbocycles. The Labute approximate surface area is 205 Å². The van der Waals surface area contributed by atoms with E-state index in [1.807, 2.05) is 18.2 Å². The van der Waals surface area contributed by atoms with Gasteiger partial charge in [0.05, 0.1) is 24.0 Å². The molecule has 0 unspecified atom stereocenters. The molecule has 7 heteroatoms. The molecule has 2 bridgehead atoms. The molecular formula is C28H32N2O5. The number of hydrogen-bond donors (Lipinski definition) is 1. The molecule has 2 aromatic rings. The summed E-state index contributed by atoms with van der Waals surface area (Å²) >= 11 is 0. The smallest absolute Gasteiger partial charge is 0.340 e. The Hall–Kier alpha value is -3.03. The van der Waals surface area contributed by atoms with E-state index < -0.39 is 11.9 Å². The van der Waals surface area contributed by atoms with Gasteiger partial charge in [-0.2, -0.15) is 0 Å². The minimum Gasteiger partial charge on any atom is -0.461 e. The van der Waals surface area contributed by atoms with Crippen LogP contribution in [0, 0.1) is 17.3 Å². The van der Waals surface area contributed by atoms with Gasteiger partial charge in [0.1, 0.15) is 0 Å². The van der Waals surface area contributed by atoms with Crippen LogP contribution in [0.25, 0.3) is 0 Å². The van der Waals surface area contributed by atoms with Crippen molar-refractivity contribution in [2.45, 2.75) is 45.3 Å². The van der Waals surface area contributed by atoms with Gasteiger partial charge in [0, 0.05) is 37.4 Å². The van der Waals surface area contributed by atoms with Crippen molar-refractivity contribution in [2.24, 2.45) is 17.3 Å². The van der Waals surface area contributed by atoms with Gasteiger partial charge in [-0.3, -0.25) is 14.5 Å². The number of para-hydroxylation sites is 1. The normalized spacial score (nSPS) is 28.9. The maximum Gasteiger partial charge on any atom is 0.340 e.